The lowest BCUT2D eigenvalue weighted by Crippen LogP contribution is -2.09. The van der Waals surface area contributed by atoms with Crippen LogP contribution in [-0.2, 0) is 0 Å². The van der Waals surface area contributed by atoms with Crippen molar-refractivity contribution >= 4 is 5.95 Å². The number of hydrogen-bond donors (Lipinski definition) is 1. The second-order valence-electron chi connectivity index (χ2n) is 3.43. The summed E-state index contributed by atoms with van der Waals surface area (Å²) in [5.74, 6) is 0.478. The minimum atomic E-state index is 0.122. The van der Waals surface area contributed by atoms with Crippen molar-refractivity contribution in [1.82, 2.24) is 24.7 Å². The Labute approximate surface area is 98.7 Å². The predicted octanol–water partition coefficient (Wildman–Crippen LogP) is 0.818. The molecule has 0 amide bonds. The minimum Gasteiger partial charge on any atom is -0.463 e. The van der Waals surface area contributed by atoms with Crippen molar-refractivity contribution in [3.8, 4) is 12.0 Å². The van der Waals surface area contributed by atoms with Crippen LogP contribution in [0, 0.1) is 0 Å². The summed E-state index contributed by atoms with van der Waals surface area (Å²) in [5, 5.41) is 4.02. The van der Waals surface area contributed by atoms with Crippen LogP contribution in [-0.4, -0.2) is 31.3 Å². The van der Waals surface area contributed by atoms with Crippen molar-refractivity contribution in [2.75, 3.05) is 12.3 Å². The molecule has 0 saturated heterocycles. The number of hydrogen-bond acceptors (Lipinski definition) is 6. The highest BCUT2D eigenvalue weighted by atomic mass is 16.5. The fraction of sp³-hybridized carbons (Fsp3) is 0.400. The molecule has 7 nitrogen and oxygen atoms in total. The predicted molar refractivity (Wildman–Crippen MR) is 61.8 cm³/mol. The summed E-state index contributed by atoms with van der Waals surface area (Å²) >= 11 is 0. The Balaban J connectivity index is 2.18. The molecule has 90 valence electrons. The third kappa shape index (κ3) is 2.90. The molecule has 0 fully saturated rings. The number of ether oxygens (including phenoxy) is 1. The Morgan fingerprint density at radius 3 is 2.94 bits per heavy atom. The SMILES string of the molecule is CCCCOc1nc(N)nc(-n2cccn2)n1. The van der Waals surface area contributed by atoms with E-state index in [0.29, 0.717) is 12.6 Å². The molecule has 17 heavy (non-hydrogen) atoms. The molecule has 7 heteroatoms. The lowest BCUT2D eigenvalue weighted by atomic mass is 10.4. The second-order valence-corrected chi connectivity index (χ2v) is 3.43. The molecule has 2 aromatic heterocycles. The minimum absolute atomic E-state index is 0.122. The van der Waals surface area contributed by atoms with Crippen LogP contribution >= 0.6 is 0 Å². The number of unbranched alkanes of at least 4 members (excludes halogenated alkanes) is 1. The lowest BCUT2D eigenvalue weighted by molar-refractivity contribution is 0.284. The van der Waals surface area contributed by atoms with Gasteiger partial charge in [-0.15, -0.1) is 0 Å². The zero-order valence-electron chi connectivity index (χ0n) is 9.58. The molecule has 0 aliphatic carbocycles. The van der Waals surface area contributed by atoms with Gasteiger partial charge in [-0.25, -0.2) is 4.68 Å². The average Bonchev–Trinajstić information content (AvgIpc) is 2.82. The van der Waals surface area contributed by atoms with Gasteiger partial charge in [0.1, 0.15) is 0 Å². The van der Waals surface area contributed by atoms with Gasteiger partial charge in [0, 0.05) is 12.4 Å². The zero-order valence-corrected chi connectivity index (χ0v) is 9.58. The van der Waals surface area contributed by atoms with Crippen LogP contribution in [0.1, 0.15) is 19.8 Å². The van der Waals surface area contributed by atoms with E-state index in [1.165, 1.54) is 4.68 Å². The highest BCUT2D eigenvalue weighted by Gasteiger charge is 2.07. The van der Waals surface area contributed by atoms with Crippen LogP contribution in [0.5, 0.6) is 6.01 Å². The first-order valence-corrected chi connectivity index (χ1v) is 5.44. The summed E-state index contributed by atoms with van der Waals surface area (Å²) in [4.78, 5) is 12.0. The van der Waals surface area contributed by atoms with Gasteiger partial charge in [0.05, 0.1) is 6.61 Å². The molecule has 0 atom stereocenters. The monoisotopic (exact) mass is 234 g/mol. The smallest absolute Gasteiger partial charge is 0.323 e. The van der Waals surface area contributed by atoms with Crippen molar-refractivity contribution in [2.45, 2.75) is 19.8 Å². The van der Waals surface area contributed by atoms with Crippen molar-refractivity contribution in [3.05, 3.63) is 18.5 Å². The average molecular weight is 234 g/mol. The summed E-state index contributed by atoms with van der Waals surface area (Å²) in [5.41, 5.74) is 5.59. The van der Waals surface area contributed by atoms with Crippen molar-refractivity contribution < 1.29 is 4.74 Å². The molecular formula is C10H14N6O. The van der Waals surface area contributed by atoms with Gasteiger partial charge in [-0.1, -0.05) is 13.3 Å². The van der Waals surface area contributed by atoms with E-state index in [1.54, 1.807) is 18.5 Å². The molecule has 2 N–H and O–H groups in total. The molecule has 2 rings (SSSR count). The Morgan fingerprint density at radius 1 is 1.35 bits per heavy atom. The van der Waals surface area contributed by atoms with Crippen molar-refractivity contribution in [2.24, 2.45) is 0 Å². The van der Waals surface area contributed by atoms with Gasteiger partial charge in [0.15, 0.2) is 0 Å². The molecule has 0 spiro atoms. The number of anilines is 1. The van der Waals surface area contributed by atoms with E-state index in [4.69, 9.17) is 10.5 Å². The van der Waals surface area contributed by atoms with Gasteiger partial charge in [-0.2, -0.15) is 20.1 Å². The van der Waals surface area contributed by atoms with E-state index >= 15 is 0 Å². The largest absolute Gasteiger partial charge is 0.463 e. The summed E-state index contributed by atoms with van der Waals surface area (Å²) in [7, 11) is 0. The van der Waals surface area contributed by atoms with E-state index < -0.39 is 0 Å². The summed E-state index contributed by atoms with van der Waals surface area (Å²) in [6.07, 6.45) is 5.36. The number of nitrogen functional groups attached to an aromatic ring is 1. The van der Waals surface area contributed by atoms with Crippen LogP contribution < -0.4 is 10.5 Å². The first kappa shape index (κ1) is 11.3. The standard InChI is InChI=1S/C10H14N6O/c1-2-3-7-17-10-14-8(11)13-9(15-10)16-6-4-5-12-16/h4-6H,2-3,7H2,1H3,(H2,11,13,14,15). The van der Waals surface area contributed by atoms with E-state index in [9.17, 15) is 0 Å². The Kier molecular flexibility index (Phi) is 3.49. The van der Waals surface area contributed by atoms with Crippen LogP contribution in [0.25, 0.3) is 5.95 Å². The molecule has 0 aliphatic heterocycles. The molecular weight excluding hydrogens is 220 g/mol. The van der Waals surface area contributed by atoms with Gasteiger partial charge < -0.3 is 10.5 Å². The molecule has 2 aromatic rings. The van der Waals surface area contributed by atoms with Gasteiger partial charge in [-0.3, -0.25) is 0 Å². The molecule has 0 unspecified atom stereocenters. The summed E-state index contributed by atoms with van der Waals surface area (Å²) < 4.78 is 6.89. The van der Waals surface area contributed by atoms with Crippen molar-refractivity contribution in [3.63, 3.8) is 0 Å². The molecule has 2 heterocycles. The normalized spacial score (nSPS) is 10.4. The molecule has 0 saturated carbocycles. The Hall–Kier alpha value is -2.18. The Morgan fingerprint density at radius 2 is 2.24 bits per heavy atom. The van der Waals surface area contributed by atoms with Crippen LogP contribution in [0.2, 0.25) is 0 Å². The van der Waals surface area contributed by atoms with Gasteiger partial charge in [-0.05, 0) is 12.5 Å². The van der Waals surface area contributed by atoms with Crippen LogP contribution in [0.15, 0.2) is 18.5 Å². The van der Waals surface area contributed by atoms with Gasteiger partial charge in [0.2, 0.25) is 5.95 Å². The third-order valence-electron chi connectivity index (χ3n) is 2.06. The second kappa shape index (κ2) is 5.24. The Bertz CT molecular complexity index is 470. The zero-order chi connectivity index (χ0) is 12.1. The summed E-state index contributed by atoms with van der Waals surface area (Å²) in [6.45, 7) is 2.65. The molecule has 0 radical (unpaired) electrons. The molecule has 0 aromatic carbocycles. The number of rotatable bonds is 5. The van der Waals surface area contributed by atoms with E-state index in [2.05, 4.69) is 27.0 Å². The highest BCUT2D eigenvalue weighted by Crippen LogP contribution is 2.08. The van der Waals surface area contributed by atoms with E-state index in [1.807, 2.05) is 0 Å². The highest BCUT2D eigenvalue weighted by molar-refractivity contribution is 5.24. The first-order chi connectivity index (χ1) is 8.29. The fourth-order valence-corrected chi connectivity index (χ4v) is 1.22. The number of aromatic nitrogens is 5. The van der Waals surface area contributed by atoms with Gasteiger partial charge >= 0.3 is 6.01 Å². The number of nitrogens with zero attached hydrogens (tertiary/aromatic N) is 5. The van der Waals surface area contributed by atoms with Crippen LogP contribution in [0.4, 0.5) is 5.95 Å². The maximum Gasteiger partial charge on any atom is 0.323 e. The van der Waals surface area contributed by atoms with Gasteiger partial charge in [0.25, 0.3) is 5.95 Å². The van der Waals surface area contributed by atoms with Crippen LogP contribution in [0.3, 0.4) is 0 Å². The first-order valence-electron chi connectivity index (χ1n) is 5.44. The van der Waals surface area contributed by atoms with E-state index in [0.717, 1.165) is 12.8 Å². The van der Waals surface area contributed by atoms with E-state index in [-0.39, 0.29) is 12.0 Å². The quantitative estimate of drug-likeness (QED) is 0.770. The molecule has 0 bridgehead atoms. The topological polar surface area (TPSA) is 91.7 Å². The molecule has 0 aliphatic rings. The number of nitrogens with two attached hydrogens (primary N) is 1. The summed E-state index contributed by atoms with van der Waals surface area (Å²) in [6, 6.07) is 2.01. The maximum absolute atomic E-state index is 5.59. The third-order valence-corrected chi connectivity index (χ3v) is 2.06. The fourth-order valence-electron chi connectivity index (χ4n) is 1.22. The maximum atomic E-state index is 5.59. The van der Waals surface area contributed by atoms with Crippen molar-refractivity contribution in [1.29, 1.82) is 0 Å². The lowest BCUT2D eigenvalue weighted by Gasteiger charge is -2.05.